The summed E-state index contributed by atoms with van der Waals surface area (Å²) < 4.78 is -0.648. The summed E-state index contributed by atoms with van der Waals surface area (Å²) in [7, 11) is 0. The summed E-state index contributed by atoms with van der Waals surface area (Å²) in [5.41, 5.74) is 0.710. The van der Waals surface area contributed by atoms with Crippen LogP contribution in [0.5, 0.6) is 0 Å². The van der Waals surface area contributed by atoms with Crippen LogP contribution in [0.3, 0.4) is 0 Å². The summed E-state index contributed by atoms with van der Waals surface area (Å²) in [6, 6.07) is 9.24. The van der Waals surface area contributed by atoms with Gasteiger partial charge in [-0.15, -0.1) is 0 Å². The Morgan fingerprint density at radius 1 is 1.21 bits per heavy atom. The quantitative estimate of drug-likeness (QED) is 0.563. The minimum absolute atomic E-state index is 0.0533. The van der Waals surface area contributed by atoms with Crippen molar-refractivity contribution in [2.24, 2.45) is 0 Å². The van der Waals surface area contributed by atoms with Crippen LogP contribution in [0.4, 0.5) is 0 Å². The van der Waals surface area contributed by atoms with Crippen LogP contribution in [-0.2, 0) is 0 Å². The first-order valence-electron chi connectivity index (χ1n) is 4.11. The Kier molecular flexibility index (Phi) is 4.80. The van der Waals surface area contributed by atoms with Gasteiger partial charge in [0.05, 0.1) is 0 Å². The molecule has 76 valence electrons. The molecule has 0 aliphatic rings. The van der Waals surface area contributed by atoms with E-state index in [0.29, 0.717) is 12.0 Å². The topological polar surface area (TPSA) is 17.1 Å². The number of halogens is 3. The Balaban J connectivity index is 2.85. The second kappa shape index (κ2) is 5.42. The van der Waals surface area contributed by atoms with Crippen LogP contribution in [-0.4, -0.2) is 14.3 Å². The van der Waals surface area contributed by atoms with Gasteiger partial charge in [0.25, 0.3) is 0 Å². The van der Waals surface area contributed by atoms with E-state index in [2.05, 4.69) is 47.8 Å². The van der Waals surface area contributed by atoms with Gasteiger partial charge in [0, 0.05) is 10.9 Å². The number of alkyl halides is 3. The normalized spacial score (nSPS) is 11.4. The summed E-state index contributed by atoms with van der Waals surface area (Å²) in [5, 5.41) is 0.766. The molecule has 0 atom stereocenters. The molecule has 0 unspecified atom stereocenters. The highest BCUT2D eigenvalue weighted by atomic mass is 79.9. The summed E-state index contributed by atoms with van der Waals surface area (Å²) in [6.45, 7) is 0. The summed E-state index contributed by atoms with van der Waals surface area (Å²) in [5.74, 6) is 0.0533. The van der Waals surface area contributed by atoms with E-state index in [9.17, 15) is 4.79 Å². The van der Waals surface area contributed by atoms with Crippen molar-refractivity contribution in [1.82, 2.24) is 0 Å². The molecule has 0 saturated carbocycles. The van der Waals surface area contributed by atoms with Gasteiger partial charge in [-0.3, -0.25) is 4.79 Å². The maximum absolute atomic E-state index is 11.9. The molecule has 4 heteroatoms. The molecule has 0 N–H and O–H groups in total. The molecule has 1 aromatic rings. The number of rotatable bonds is 4. The van der Waals surface area contributed by atoms with Crippen LogP contribution >= 0.6 is 47.8 Å². The molecule has 0 heterocycles. The van der Waals surface area contributed by atoms with E-state index >= 15 is 0 Å². The van der Waals surface area contributed by atoms with Crippen molar-refractivity contribution >= 4 is 53.6 Å². The SMILES string of the molecule is O=C(c1ccccc1)C(Br)(Br)CCBr. The fourth-order valence-electron chi connectivity index (χ4n) is 1.03. The molecular weight excluding hydrogens is 376 g/mol. The molecule has 0 fully saturated rings. The van der Waals surface area contributed by atoms with Crippen molar-refractivity contribution < 1.29 is 4.79 Å². The van der Waals surface area contributed by atoms with E-state index in [1.165, 1.54) is 0 Å². The Morgan fingerprint density at radius 2 is 1.79 bits per heavy atom. The Hall–Kier alpha value is 0.330. The lowest BCUT2D eigenvalue weighted by Crippen LogP contribution is -2.25. The second-order valence-corrected chi connectivity index (χ2v) is 7.40. The van der Waals surface area contributed by atoms with Gasteiger partial charge in [0.15, 0.2) is 5.78 Å². The molecule has 1 aromatic carbocycles. The van der Waals surface area contributed by atoms with Crippen LogP contribution in [0.2, 0.25) is 0 Å². The molecule has 14 heavy (non-hydrogen) atoms. The highest BCUT2D eigenvalue weighted by Crippen LogP contribution is 2.34. The zero-order chi connectivity index (χ0) is 10.6. The highest BCUT2D eigenvalue weighted by molar-refractivity contribution is 9.26. The second-order valence-electron chi connectivity index (χ2n) is 2.84. The Labute approximate surface area is 109 Å². The van der Waals surface area contributed by atoms with Crippen molar-refractivity contribution in [2.45, 2.75) is 9.65 Å². The number of carbonyl (C=O) groups is 1. The average molecular weight is 385 g/mol. The first kappa shape index (κ1) is 12.4. The van der Waals surface area contributed by atoms with Crippen molar-refractivity contribution in [3.05, 3.63) is 35.9 Å². The van der Waals surface area contributed by atoms with Gasteiger partial charge in [-0.25, -0.2) is 0 Å². The van der Waals surface area contributed by atoms with E-state index in [-0.39, 0.29) is 5.78 Å². The van der Waals surface area contributed by atoms with Gasteiger partial charge in [0.2, 0.25) is 0 Å². The number of hydrogen-bond donors (Lipinski definition) is 0. The van der Waals surface area contributed by atoms with E-state index < -0.39 is 3.23 Å². The minimum Gasteiger partial charge on any atom is -0.292 e. The van der Waals surface area contributed by atoms with E-state index in [1.54, 1.807) is 0 Å². The summed E-state index contributed by atoms with van der Waals surface area (Å²) in [6.07, 6.45) is 0.695. The van der Waals surface area contributed by atoms with Gasteiger partial charge in [0.1, 0.15) is 3.23 Å². The molecule has 1 nitrogen and oxygen atoms in total. The molecule has 0 radical (unpaired) electrons. The predicted octanol–water partition coefficient (Wildman–Crippen LogP) is 4.14. The van der Waals surface area contributed by atoms with Crippen LogP contribution < -0.4 is 0 Å². The zero-order valence-electron chi connectivity index (χ0n) is 7.34. The molecule has 0 bridgehead atoms. The van der Waals surface area contributed by atoms with E-state index in [4.69, 9.17) is 0 Å². The smallest absolute Gasteiger partial charge is 0.190 e. The Morgan fingerprint density at radius 3 is 2.29 bits per heavy atom. The number of Topliss-reactive ketones (excluding diaryl/α,β-unsaturated/α-hetero) is 1. The Bertz CT molecular complexity index is 308. The van der Waals surface area contributed by atoms with Crippen molar-refractivity contribution in [3.8, 4) is 0 Å². The molecule has 1 rings (SSSR count). The zero-order valence-corrected chi connectivity index (χ0v) is 12.1. The number of carbonyl (C=O) groups excluding carboxylic acids is 1. The van der Waals surface area contributed by atoms with Crippen molar-refractivity contribution in [2.75, 3.05) is 5.33 Å². The monoisotopic (exact) mass is 382 g/mol. The van der Waals surface area contributed by atoms with E-state index in [0.717, 1.165) is 5.33 Å². The van der Waals surface area contributed by atoms with Gasteiger partial charge in [-0.05, 0) is 6.42 Å². The average Bonchev–Trinajstić information content (AvgIpc) is 2.18. The van der Waals surface area contributed by atoms with Crippen molar-refractivity contribution in [1.29, 1.82) is 0 Å². The molecule has 0 aliphatic heterocycles. The van der Waals surface area contributed by atoms with Crippen molar-refractivity contribution in [3.63, 3.8) is 0 Å². The third-order valence-corrected chi connectivity index (χ3v) is 3.69. The molecule has 0 aromatic heterocycles. The molecule has 0 spiro atoms. The fraction of sp³-hybridized carbons (Fsp3) is 0.300. The first-order chi connectivity index (χ1) is 6.58. The minimum atomic E-state index is -0.648. The number of benzene rings is 1. The largest absolute Gasteiger partial charge is 0.292 e. The van der Waals surface area contributed by atoms with Gasteiger partial charge in [-0.1, -0.05) is 78.1 Å². The lowest BCUT2D eigenvalue weighted by atomic mass is 10.1. The number of ketones is 1. The lowest BCUT2D eigenvalue weighted by Gasteiger charge is -2.17. The third-order valence-electron chi connectivity index (χ3n) is 1.78. The van der Waals surface area contributed by atoms with Gasteiger partial charge in [-0.2, -0.15) is 0 Å². The summed E-state index contributed by atoms with van der Waals surface area (Å²) in [4.78, 5) is 11.9. The molecular formula is C10H9Br3O. The lowest BCUT2D eigenvalue weighted by molar-refractivity contribution is 0.0982. The maximum Gasteiger partial charge on any atom is 0.190 e. The standard InChI is InChI=1S/C10H9Br3O/c11-7-6-10(12,13)9(14)8-4-2-1-3-5-8/h1-5H,6-7H2. The van der Waals surface area contributed by atoms with Gasteiger partial charge >= 0.3 is 0 Å². The molecule has 0 aliphatic carbocycles. The van der Waals surface area contributed by atoms with Crippen LogP contribution in [0, 0.1) is 0 Å². The summed E-state index contributed by atoms with van der Waals surface area (Å²) >= 11 is 10.1. The fourth-order valence-corrected chi connectivity index (χ4v) is 3.55. The van der Waals surface area contributed by atoms with Crippen LogP contribution in [0.25, 0.3) is 0 Å². The number of hydrogen-bond acceptors (Lipinski definition) is 1. The highest BCUT2D eigenvalue weighted by Gasteiger charge is 2.31. The predicted molar refractivity (Wildman–Crippen MR) is 69.8 cm³/mol. The van der Waals surface area contributed by atoms with Crippen LogP contribution in [0.15, 0.2) is 30.3 Å². The molecule has 0 amide bonds. The third kappa shape index (κ3) is 3.17. The van der Waals surface area contributed by atoms with Gasteiger partial charge < -0.3 is 0 Å². The van der Waals surface area contributed by atoms with E-state index in [1.807, 2.05) is 30.3 Å². The molecule has 0 saturated heterocycles. The maximum atomic E-state index is 11.9. The van der Waals surface area contributed by atoms with Crippen LogP contribution in [0.1, 0.15) is 16.8 Å². The first-order valence-corrected chi connectivity index (χ1v) is 6.82.